The summed E-state index contributed by atoms with van der Waals surface area (Å²) in [5.74, 6) is 0.203. The number of rotatable bonds is 2. The van der Waals surface area contributed by atoms with Gasteiger partial charge < -0.3 is 10.8 Å². The first kappa shape index (κ1) is 10.8. The molecule has 1 aromatic carbocycles. The SMILES string of the molecule is CC(C)(N)C1(c2ccc(O)cc2Cl)CC1. The molecule has 2 nitrogen and oxygen atoms in total. The molecule has 0 unspecified atom stereocenters. The van der Waals surface area contributed by atoms with E-state index < -0.39 is 0 Å². The summed E-state index contributed by atoms with van der Waals surface area (Å²) in [6, 6.07) is 5.15. The largest absolute Gasteiger partial charge is 0.508 e. The summed E-state index contributed by atoms with van der Waals surface area (Å²) in [7, 11) is 0. The molecule has 2 rings (SSSR count). The summed E-state index contributed by atoms with van der Waals surface area (Å²) < 4.78 is 0. The van der Waals surface area contributed by atoms with Gasteiger partial charge in [-0.3, -0.25) is 0 Å². The zero-order valence-corrected chi connectivity index (χ0v) is 9.80. The van der Waals surface area contributed by atoms with E-state index in [1.165, 1.54) is 0 Å². The smallest absolute Gasteiger partial charge is 0.117 e. The highest BCUT2D eigenvalue weighted by atomic mass is 35.5. The van der Waals surface area contributed by atoms with Gasteiger partial charge in [-0.15, -0.1) is 0 Å². The lowest BCUT2D eigenvalue weighted by Gasteiger charge is -2.32. The third-order valence-electron chi connectivity index (χ3n) is 3.45. The predicted molar refractivity (Wildman–Crippen MR) is 62.3 cm³/mol. The van der Waals surface area contributed by atoms with Crippen LogP contribution in [0.25, 0.3) is 0 Å². The van der Waals surface area contributed by atoms with Gasteiger partial charge in [0, 0.05) is 16.0 Å². The Labute approximate surface area is 95.1 Å². The van der Waals surface area contributed by atoms with Crippen LogP contribution in [0.5, 0.6) is 5.75 Å². The van der Waals surface area contributed by atoms with E-state index in [0.717, 1.165) is 18.4 Å². The molecule has 82 valence electrons. The average Bonchev–Trinajstić information content (AvgIpc) is 2.83. The van der Waals surface area contributed by atoms with E-state index in [2.05, 4.69) is 0 Å². The van der Waals surface area contributed by atoms with Crippen molar-refractivity contribution >= 4 is 11.6 Å². The van der Waals surface area contributed by atoms with Gasteiger partial charge in [0.05, 0.1) is 0 Å². The number of aromatic hydroxyl groups is 1. The molecule has 0 spiro atoms. The predicted octanol–water partition coefficient (Wildman–Crippen LogP) is 2.81. The Morgan fingerprint density at radius 2 is 2.00 bits per heavy atom. The fourth-order valence-electron chi connectivity index (χ4n) is 2.28. The second-order valence-electron chi connectivity index (χ2n) is 4.97. The van der Waals surface area contributed by atoms with Crippen LogP contribution in [-0.2, 0) is 5.41 Å². The molecule has 0 radical (unpaired) electrons. The summed E-state index contributed by atoms with van der Waals surface area (Å²) >= 11 is 6.14. The molecule has 1 aliphatic rings. The monoisotopic (exact) mass is 225 g/mol. The molecule has 15 heavy (non-hydrogen) atoms. The Balaban J connectivity index is 2.47. The van der Waals surface area contributed by atoms with Gasteiger partial charge in [-0.25, -0.2) is 0 Å². The molecular weight excluding hydrogens is 210 g/mol. The highest BCUT2D eigenvalue weighted by Crippen LogP contribution is 2.56. The average molecular weight is 226 g/mol. The summed E-state index contributed by atoms with van der Waals surface area (Å²) in [5.41, 5.74) is 6.99. The number of nitrogens with two attached hydrogens (primary N) is 1. The minimum absolute atomic E-state index is 0.00220. The lowest BCUT2D eigenvalue weighted by molar-refractivity contribution is 0.391. The van der Waals surface area contributed by atoms with E-state index in [0.29, 0.717) is 5.02 Å². The first-order valence-corrected chi connectivity index (χ1v) is 5.52. The molecule has 0 aliphatic heterocycles. The van der Waals surface area contributed by atoms with E-state index in [1.807, 2.05) is 19.9 Å². The zero-order valence-electron chi connectivity index (χ0n) is 9.05. The summed E-state index contributed by atoms with van der Waals surface area (Å²) in [6.45, 7) is 4.06. The Bertz CT molecular complexity index is 391. The number of benzene rings is 1. The van der Waals surface area contributed by atoms with Crippen molar-refractivity contribution in [1.29, 1.82) is 0 Å². The Hall–Kier alpha value is -0.730. The lowest BCUT2D eigenvalue weighted by atomic mass is 9.79. The molecule has 3 heteroatoms. The Kier molecular flexibility index (Phi) is 2.25. The summed E-state index contributed by atoms with van der Waals surface area (Å²) in [4.78, 5) is 0. The van der Waals surface area contributed by atoms with Crippen molar-refractivity contribution in [2.45, 2.75) is 37.6 Å². The number of phenols is 1. The molecule has 1 aromatic rings. The van der Waals surface area contributed by atoms with Crippen LogP contribution in [0, 0.1) is 0 Å². The van der Waals surface area contributed by atoms with Gasteiger partial charge in [0.25, 0.3) is 0 Å². The molecule has 0 amide bonds. The topological polar surface area (TPSA) is 46.2 Å². The number of phenolic OH excluding ortho intramolecular Hbond substituents is 1. The molecule has 0 aromatic heterocycles. The number of halogens is 1. The first-order valence-electron chi connectivity index (χ1n) is 5.15. The van der Waals surface area contributed by atoms with Gasteiger partial charge in [-0.2, -0.15) is 0 Å². The number of hydrogen-bond acceptors (Lipinski definition) is 2. The van der Waals surface area contributed by atoms with Crippen LogP contribution in [0.2, 0.25) is 5.02 Å². The van der Waals surface area contributed by atoms with Crippen LogP contribution >= 0.6 is 11.6 Å². The van der Waals surface area contributed by atoms with Crippen LogP contribution in [0.4, 0.5) is 0 Å². The Morgan fingerprint density at radius 1 is 1.40 bits per heavy atom. The van der Waals surface area contributed by atoms with E-state index in [9.17, 15) is 5.11 Å². The maximum atomic E-state index is 9.31. The normalized spacial score (nSPS) is 18.9. The van der Waals surface area contributed by atoms with Crippen molar-refractivity contribution in [2.24, 2.45) is 5.73 Å². The lowest BCUT2D eigenvalue weighted by Crippen LogP contribution is -2.45. The third-order valence-corrected chi connectivity index (χ3v) is 3.76. The van der Waals surface area contributed by atoms with E-state index in [1.54, 1.807) is 12.1 Å². The molecule has 1 fully saturated rings. The highest BCUT2D eigenvalue weighted by Gasteiger charge is 2.54. The molecule has 0 bridgehead atoms. The Morgan fingerprint density at radius 3 is 2.40 bits per heavy atom. The van der Waals surface area contributed by atoms with Gasteiger partial charge in [-0.1, -0.05) is 17.7 Å². The molecule has 0 saturated heterocycles. The van der Waals surface area contributed by atoms with Crippen LogP contribution in [-0.4, -0.2) is 10.6 Å². The molecule has 0 atom stereocenters. The second kappa shape index (κ2) is 3.13. The van der Waals surface area contributed by atoms with Gasteiger partial charge in [-0.05, 0) is 44.4 Å². The van der Waals surface area contributed by atoms with Crippen molar-refractivity contribution < 1.29 is 5.11 Å². The zero-order chi connectivity index (χ0) is 11.3. The minimum atomic E-state index is -0.270. The molecule has 1 saturated carbocycles. The van der Waals surface area contributed by atoms with E-state index in [-0.39, 0.29) is 16.7 Å². The quantitative estimate of drug-likeness (QED) is 0.813. The van der Waals surface area contributed by atoms with Crippen molar-refractivity contribution in [3.05, 3.63) is 28.8 Å². The van der Waals surface area contributed by atoms with Crippen molar-refractivity contribution in [3.63, 3.8) is 0 Å². The van der Waals surface area contributed by atoms with Crippen LogP contribution in [0.1, 0.15) is 32.3 Å². The van der Waals surface area contributed by atoms with E-state index >= 15 is 0 Å². The molecule has 3 N–H and O–H groups in total. The van der Waals surface area contributed by atoms with E-state index in [4.69, 9.17) is 17.3 Å². The van der Waals surface area contributed by atoms with Gasteiger partial charge >= 0.3 is 0 Å². The molecular formula is C12H16ClNO. The fraction of sp³-hybridized carbons (Fsp3) is 0.500. The fourth-order valence-corrected chi connectivity index (χ4v) is 2.63. The standard InChI is InChI=1S/C12H16ClNO/c1-11(2,14)12(5-6-12)9-4-3-8(15)7-10(9)13/h3-4,7,15H,5-6,14H2,1-2H3. The second-order valence-corrected chi connectivity index (χ2v) is 5.38. The molecule has 1 aliphatic carbocycles. The molecule has 0 heterocycles. The number of hydrogen-bond donors (Lipinski definition) is 2. The van der Waals surface area contributed by atoms with Crippen LogP contribution in [0.3, 0.4) is 0 Å². The van der Waals surface area contributed by atoms with Gasteiger partial charge in [0.2, 0.25) is 0 Å². The van der Waals surface area contributed by atoms with Crippen molar-refractivity contribution in [3.8, 4) is 5.75 Å². The van der Waals surface area contributed by atoms with Crippen molar-refractivity contribution in [1.82, 2.24) is 0 Å². The third kappa shape index (κ3) is 1.62. The summed E-state index contributed by atoms with van der Waals surface area (Å²) in [5, 5.41) is 9.93. The van der Waals surface area contributed by atoms with Gasteiger partial charge in [0.15, 0.2) is 0 Å². The first-order chi connectivity index (χ1) is 6.87. The van der Waals surface area contributed by atoms with Crippen LogP contribution in [0.15, 0.2) is 18.2 Å². The summed E-state index contributed by atoms with van der Waals surface area (Å²) in [6.07, 6.45) is 2.14. The minimum Gasteiger partial charge on any atom is -0.508 e. The maximum absolute atomic E-state index is 9.31. The van der Waals surface area contributed by atoms with Crippen molar-refractivity contribution in [2.75, 3.05) is 0 Å². The van der Waals surface area contributed by atoms with Crippen LogP contribution < -0.4 is 5.73 Å². The maximum Gasteiger partial charge on any atom is 0.117 e. The highest BCUT2D eigenvalue weighted by molar-refractivity contribution is 6.31. The van der Waals surface area contributed by atoms with Gasteiger partial charge in [0.1, 0.15) is 5.75 Å².